The van der Waals surface area contributed by atoms with Crippen LogP contribution in [0.1, 0.15) is 24.8 Å². The zero-order valence-corrected chi connectivity index (χ0v) is 15.3. The van der Waals surface area contributed by atoms with Crippen LogP contribution >= 0.6 is 0 Å². The average molecular weight is 382 g/mol. The van der Waals surface area contributed by atoms with E-state index < -0.39 is 0 Å². The maximum absolute atomic E-state index is 13.1. The van der Waals surface area contributed by atoms with Crippen LogP contribution in [0.5, 0.6) is 5.75 Å². The van der Waals surface area contributed by atoms with Crippen molar-refractivity contribution in [1.29, 1.82) is 0 Å². The van der Waals surface area contributed by atoms with Crippen molar-refractivity contribution in [1.82, 2.24) is 15.0 Å². The van der Waals surface area contributed by atoms with Crippen LogP contribution in [0.25, 0.3) is 11.4 Å². The summed E-state index contributed by atoms with van der Waals surface area (Å²) >= 11 is 0. The molecule has 8 heteroatoms. The van der Waals surface area contributed by atoms with Gasteiger partial charge in [-0.25, -0.2) is 9.18 Å². The second-order valence-electron chi connectivity index (χ2n) is 6.44. The van der Waals surface area contributed by atoms with Gasteiger partial charge in [0.1, 0.15) is 17.6 Å². The van der Waals surface area contributed by atoms with Gasteiger partial charge in [0, 0.05) is 12.1 Å². The normalized spacial score (nSPS) is 16.2. The quantitative estimate of drug-likeness (QED) is 0.729. The molecule has 3 aromatic rings. The number of likely N-dealkylation sites (tertiary alicyclic amines) is 1. The van der Waals surface area contributed by atoms with E-state index in [1.54, 1.807) is 36.3 Å². The summed E-state index contributed by atoms with van der Waals surface area (Å²) in [6.07, 6.45) is 1.56. The molecule has 2 amide bonds. The summed E-state index contributed by atoms with van der Waals surface area (Å²) in [6.45, 7) is 0.583. The Morgan fingerprint density at radius 3 is 2.82 bits per heavy atom. The molecule has 1 N–H and O–H groups in total. The van der Waals surface area contributed by atoms with Crippen LogP contribution in [-0.4, -0.2) is 34.7 Å². The highest BCUT2D eigenvalue weighted by Crippen LogP contribution is 2.33. The van der Waals surface area contributed by atoms with Gasteiger partial charge in [0.05, 0.1) is 12.8 Å². The predicted octanol–water partition coefficient (Wildman–Crippen LogP) is 4.25. The van der Waals surface area contributed by atoms with E-state index in [2.05, 4.69) is 15.5 Å². The number of rotatable bonds is 4. The zero-order valence-electron chi connectivity index (χ0n) is 15.3. The number of nitrogens with zero attached hydrogens (tertiary/aromatic N) is 3. The van der Waals surface area contributed by atoms with Gasteiger partial charge in [0.2, 0.25) is 11.7 Å². The third kappa shape index (κ3) is 3.53. The number of methoxy groups -OCH3 is 1. The number of carbonyl (C=O) groups is 1. The van der Waals surface area contributed by atoms with E-state index in [1.165, 1.54) is 12.1 Å². The lowest BCUT2D eigenvalue weighted by atomic mass is 10.2. The van der Waals surface area contributed by atoms with Gasteiger partial charge in [0.15, 0.2) is 0 Å². The summed E-state index contributed by atoms with van der Waals surface area (Å²) in [6, 6.07) is 12.5. The Hall–Kier alpha value is -3.42. The topological polar surface area (TPSA) is 80.5 Å². The molecule has 0 spiro atoms. The lowest BCUT2D eigenvalue weighted by Gasteiger charge is -2.22. The summed E-state index contributed by atoms with van der Waals surface area (Å²) in [5, 5.41) is 6.86. The largest absolute Gasteiger partial charge is 0.495 e. The van der Waals surface area contributed by atoms with Gasteiger partial charge < -0.3 is 19.5 Å². The van der Waals surface area contributed by atoms with Crippen LogP contribution < -0.4 is 10.1 Å². The van der Waals surface area contributed by atoms with Crippen molar-refractivity contribution < 1.29 is 18.4 Å². The smallest absolute Gasteiger partial charge is 0.322 e. The summed E-state index contributed by atoms with van der Waals surface area (Å²) in [5.74, 6) is 0.990. The fourth-order valence-electron chi connectivity index (χ4n) is 3.29. The Balaban J connectivity index is 1.52. The van der Waals surface area contributed by atoms with Crippen LogP contribution in [-0.2, 0) is 0 Å². The van der Waals surface area contributed by atoms with Gasteiger partial charge in [-0.15, -0.1) is 0 Å². The Bertz CT molecular complexity index is 974. The van der Waals surface area contributed by atoms with Gasteiger partial charge in [-0.1, -0.05) is 17.3 Å². The Morgan fingerprint density at radius 1 is 1.25 bits per heavy atom. The van der Waals surface area contributed by atoms with Crippen molar-refractivity contribution in [3.05, 3.63) is 60.2 Å². The Labute approximate surface area is 161 Å². The Morgan fingerprint density at radius 2 is 2.04 bits per heavy atom. The molecule has 1 aliphatic heterocycles. The SMILES string of the molecule is COc1ccccc1NC(=O)N1CCCC1c1nc(-c2ccc(F)cc2)no1. The second kappa shape index (κ2) is 7.67. The number of halogens is 1. The molecule has 28 heavy (non-hydrogen) atoms. The fourth-order valence-corrected chi connectivity index (χ4v) is 3.29. The van der Waals surface area contributed by atoms with Gasteiger partial charge in [-0.3, -0.25) is 0 Å². The summed E-state index contributed by atoms with van der Waals surface area (Å²) in [5.41, 5.74) is 1.25. The van der Waals surface area contributed by atoms with Crippen molar-refractivity contribution in [3.63, 3.8) is 0 Å². The maximum Gasteiger partial charge on any atom is 0.322 e. The van der Waals surface area contributed by atoms with E-state index in [-0.39, 0.29) is 17.9 Å². The van der Waals surface area contributed by atoms with Gasteiger partial charge >= 0.3 is 6.03 Å². The molecule has 0 aliphatic carbocycles. The number of benzene rings is 2. The van der Waals surface area contributed by atoms with E-state index in [1.807, 2.05) is 12.1 Å². The van der Waals surface area contributed by atoms with Gasteiger partial charge in [-0.2, -0.15) is 4.98 Å². The van der Waals surface area contributed by atoms with Gasteiger partial charge in [0.25, 0.3) is 0 Å². The average Bonchev–Trinajstić information content (AvgIpc) is 3.38. The van der Waals surface area contributed by atoms with Crippen LogP contribution in [0.4, 0.5) is 14.9 Å². The molecule has 4 rings (SSSR count). The molecular weight excluding hydrogens is 363 g/mol. The molecule has 1 atom stereocenters. The van der Waals surface area contributed by atoms with E-state index in [0.29, 0.717) is 35.3 Å². The first-order valence-electron chi connectivity index (χ1n) is 8.96. The molecule has 144 valence electrons. The lowest BCUT2D eigenvalue weighted by molar-refractivity contribution is 0.193. The van der Waals surface area contributed by atoms with E-state index in [0.717, 1.165) is 12.8 Å². The molecular formula is C20H19FN4O3. The Kier molecular flexibility index (Phi) is 4.92. The number of hydrogen-bond donors (Lipinski definition) is 1. The molecule has 0 saturated carbocycles. The monoisotopic (exact) mass is 382 g/mol. The summed E-state index contributed by atoms with van der Waals surface area (Å²) in [4.78, 5) is 18.9. The molecule has 0 radical (unpaired) electrons. The molecule has 2 heterocycles. The molecule has 1 saturated heterocycles. The van der Waals surface area contributed by atoms with Crippen molar-refractivity contribution in [3.8, 4) is 17.1 Å². The molecule has 1 aliphatic rings. The number of hydrogen-bond acceptors (Lipinski definition) is 5. The molecule has 0 bridgehead atoms. The van der Waals surface area contributed by atoms with Crippen molar-refractivity contribution in [2.75, 3.05) is 19.0 Å². The summed E-state index contributed by atoms with van der Waals surface area (Å²) in [7, 11) is 1.55. The third-order valence-electron chi connectivity index (χ3n) is 4.69. The highest BCUT2D eigenvalue weighted by atomic mass is 19.1. The van der Waals surface area contributed by atoms with E-state index >= 15 is 0 Å². The fraction of sp³-hybridized carbons (Fsp3) is 0.250. The van der Waals surface area contributed by atoms with Crippen LogP contribution in [0.15, 0.2) is 53.1 Å². The first kappa shape index (κ1) is 18.0. The van der Waals surface area contributed by atoms with Crippen molar-refractivity contribution in [2.45, 2.75) is 18.9 Å². The number of para-hydroxylation sites is 2. The highest BCUT2D eigenvalue weighted by Gasteiger charge is 2.34. The molecule has 1 aromatic heterocycles. The van der Waals surface area contributed by atoms with Crippen LogP contribution in [0.3, 0.4) is 0 Å². The summed E-state index contributed by atoms with van der Waals surface area (Å²) < 4.78 is 23.8. The second-order valence-corrected chi connectivity index (χ2v) is 6.44. The number of aromatic nitrogens is 2. The number of urea groups is 1. The number of ether oxygens (including phenoxy) is 1. The lowest BCUT2D eigenvalue weighted by Crippen LogP contribution is -2.34. The van der Waals surface area contributed by atoms with Gasteiger partial charge in [-0.05, 0) is 49.2 Å². The minimum absolute atomic E-state index is 0.256. The predicted molar refractivity (Wildman–Crippen MR) is 100 cm³/mol. The molecule has 7 nitrogen and oxygen atoms in total. The minimum Gasteiger partial charge on any atom is -0.495 e. The van der Waals surface area contributed by atoms with E-state index in [4.69, 9.17) is 9.26 Å². The van der Waals surface area contributed by atoms with Crippen LogP contribution in [0.2, 0.25) is 0 Å². The standard InChI is InChI=1S/C20H19FN4O3/c1-27-17-7-3-2-5-15(17)22-20(26)25-12-4-6-16(25)19-23-18(24-28-19)13-8-10-14(21)11-9-13/h2-3,5,7-11,16H,4,6,12H2,1H3,(H,22,26). The molecule has 2 aromatic carbocycles. The molecule has 1 fully saturated rings. The molecule has 1 unspecified atom stereocenters. The first-order valence-corrected chi connectivity index (χ1v) is 8.96. The van der Waals surface area contributed by atoms with E-state index in [9.17, 15) is 9.18 Å². The van der Waals surface area contributed by atoms with Crippen molar-refractivity contribution in [2.24, 2.45) is 0 Å². The number of carbonyl (C=O) groups excluding carboxylic acids is 1. The van der Waals surface area contributed by atoms with Crippen LogP contribution in [0, 0.1) is 5.82 Å². The zero-order chi connectivity index (χ0) is 19.5. The minimum atomic E-state index is -0.331. The maximum atomic E-state index is 13.1. The first-order chi connectivity index (χ1) is 13.7. The number of nitrogens with one attached hydrogen (secondary N) is 1. The number of amides is 2. The third-order valence-corrected chi connectivity index (χ3v) is 4.69. The number of anilines is 1. The highest BCUT2D eigenvalue weighted by molar-refractivity contribution is 5.91. The van der Waals surface area contributed by atoms with Crippen molar-refractivity contribution >= 4 is 11.7 Å².